The van der Waals surface area contributed by atoms with Crippen LogP contribution < -0.4 is 16.8 Å². The van der Waals surface area contributed by atoms with Crippen molar-refractivity contribution in [2.24, 2.45) is 0 Å². The summed E-state index contributed by atoms with van der Waals surface area (Å²) in [7, 11) is 3.99. The molecule has 0 amide bonds. The summed E-state index contributed by atoms with van der Waals surface area (Å²) in [5, 5.41) is 6.20. The Hall–Kier alpha value is 0.230. The molecule has 0 aromatic heterocycles. The van der Waals surface area contributed by atoms with Crippen molar-refractivity contribution >= 4 is 12.6 Å². The standard InChI is InChI=1S/2C6H15N.CH4S.H3N/c2*1-3-4-5-6-7-2;1-2;/h2*7H,3-6H2,1-2H3;2H,1H3;1H3. The van der Waals surface area contributed by atoms with Crippen LogP contribution in [0.25, 0.3) is 0 Å². The average molecular weight is 268 g/mol. The van der Waals surface area contributed by atoms with Gasteiger partial charge in [0.2, 0.25) is 0 Å². The molecular formula is C13H37N3S. The Morgan fingerprint density at radius 2 is 1.00 bits per heavy atom. The molecule has 0 rings (SSSR count). The molecule has 17 heavy (non-hydrogen) atoms. The van der Waals surface area contributed by atoms with Gasteiger partial charge < -0.3 is 16.8 Å². The molecule has 0 saturated carbocycles. The molecule has 0 spiro atoms. The van der Waals surface area contributed by atoms with Crippen LogP contribution in [0.1, 0.15) is 52.4 Å². The molecule has 0 unspecified atom stereocenters. The van der Waals surface area contributed by atoms with E-state index in [2.05, 4.69) is 37.1 Å². The minimum atomic E-state index is 0. The van der Waals surface area contributed by atoms with Crippen molar-refractivity contribution in [3.8, 4) is 0 Å². The lowest BCUT2D eigenvalue weighted by Crippen LogP contribution is -2.06. The van der Waals surface area contributed by atoms with Crippen molar-refractivity contribution in [3.63, 3.8) is 0 Å². The number of thiol groups is 1. The van der Waals surface area contributed by atoms with Crippen molar-refractivity contribution in [1.82, 2.24) is 16.8 Å². The van der Waals surface area contributed by atoms with E-state index < -0.39 is 0 Å². The summed E-state index contributed by atoms with van der Waals surface area (Å²) in [4.78, 5) is 0. The normalized spacial score (nSPS) is 8.12. The largest absolute Gasteiger partial charge is 0.344 e. The van der Waals surface area contributed by atoms with E-state index >= 15 is 0 Å². The Morgan fingerprint density at radius 1 is 0.706 bits per heavy atom. The van der Waals surface area contributed by atoms with Gasteiger partial charge in [-0.1, -0.05) is 39.5 Å². The third-order valence-corrected chi connectivity index (χ3v) is 2.06. The summed E-state index contributed by atoms with van der Waals surface area (Å²) in [5.41, 5.74) is 0. The highest BCUT2D eigenvalue weighted by Gasteiger charge is 1.79. The summed E-state index contributed by atoms with van der Waals surface area (Å²) in [6, 6.07) is 0. The second-order valence-corrected chi connectivity index (χ2v) is 3.62. The predicted octanol–water partition coefficient (Wildman–Crippen LogP) is 3.50. The van der Waals surface area contributed by atoms with Crippen LogP contribution in [0.2, 0.25) is 0 Å². The molecule has 0 aromatic rings. The van der Waals surface area contributed by atoms with E-state index in [1.165, 1.54) is 51.6 Å². The second-order valence-electron chi connectivity index (χ2n) is 3.62. The van der Waals surface area contributed by atoms with Gasteiger partial charge in [0.1, 0.15) is 0 Å². The molecule has 3 nitrogen and oxygen atoms in total. The summed E-state index contributed by atoms with van der Waals surface area (Å²) in [6.07, 6.45) is 9.71. The molecule has 0 aliphatic carbocycles. The van der Waals surface area contributed by atoms with Crippen LogP contribution in [-0.2, 0) is 0 Å². The van der Waals surface area contributed by atoms with Gasteiger partial charge in [0, 0.05) is 0 Å². The van der Waals surface area contributed by atoms with Crippen molar-refractivity contribution in [3.05, 3.63) is 0 Å². The van der Waals surface area contributed by atoms with Gasteiger partial charge in [-0.25, -0.2) is 0 Å². The van der Waals surface area contributed by atoms with Crippen molar-refractivity contribution in [1.29, 1.82) is 0 Å². The van der Waals surface area contributed by atoms with Crippen LogP contribution in [0.3, 0.4) is 0 Å². The highest BCUT2D eigenvalue weighted by Crippen LogP contribution is 1.90. The molecule has 0 bridgehead atoms. The maximum absolute atomic E-state index is 3.53. The summed E-state index contributed by atoms with van der Waals surface area (Å²) >= 11 is 3.53. The van der Waals surface area contributed by atoms with Crippen LogP contribution in [0.15, 0.2) is 0 Å². The lowest BCUT2D eigenvalue weighted by Gasteiger charge is -1.93. The number of hydrogen-bond donors (Lipinski definition) is 4. The van der Waals surface area contributed by atoms with E-state index in [0.29, 0.717) is 0 Å². The van der Waals surface area contributed by atoms with Gasteiger partial charge in [0.15, 0.2) is 0 Å². The minimum absolute atomic E-state index is 0. The van der Waals surface area contributed by atoms with E-state index in [4.69, 9.17) is 0 Å². The highest BCUT2D eigenvalue weighted by molar-refractivity contribution is 7.79. The number of nitrogens with one attached hydrogen (secondary N) is 2. The van der Waals surface area contributed by atoms with Gasteiger partial charge in [-0.2, -0.15) is 12.6 Å². The molecule has 4 heteroatoms. The SMILES string of the molecule is CCCCCNC.CCCCCNC.CS.N. The fourth-order valence-corrected chi connectivity index (χ4v) is 1.10. The highest BCUT2D eigenvalue weighted by atomic mass is 32.1. The van der Waals surface area contributed by atoms with Crippen LogP contribution >= 0.6 is 12.6 Å². The van der Waals surface area contributed by atoms with E-state index in [0.717, 1.165) is 0 Å². The zero-order valence-electron chi connectivity index (χ0n) is 12.8. The molecule has 0 saturated heterocycles. The maximum atomic E-state index is 3.53. The van der Waals surface area contributed by atoms with Gasteiger partial charge in [0.25, 0.3) is 0 Å². The van der Waals surface area contributed by atoms with E-state index in [1.807, 2.05) is 14.1 Å². The first-order valence-electron chi connectivity index (χ1n) is 6.57. The Balaban J connectivity index is -0.0000000823. The monoisotopic (exact) mass is 267 g/mol. The first-order chi connectivity index (χ1) is 7.83. The summed E-state index contributed by atoms with van der Waals surface area (Å²) in [5.74, 6) is 0. The van der Waals surface area contributed by atoms with Gasteiger partial charge in [0.05, 0.1) is 0 Å². The van der Waals surface area contributed by atoms with Gasteiger partial charge >= 0.3 is 0 Å². The van der Waals surface area contributed by atoms with E-state index in [1.54, 1.807) is 6.26 Å². The molecule has 0 heterocycles. The fourth-order valence-electron chi connectivity index (χ4n) is 1.10. The molecular weight excluding hydrogens is 230 g/mol. The molecule has 0 fully saturated rings. The fraction of sp³-hybridized carbons (Fsp3) is 1.00. The Morgan fingerprint density at radius 3 is 1.18 bits per heavy atom. The molecule has 5 N–H and O–H groups in total. The minimum Gasteiger partial charge on any atom is -0.344 e. The van der Waals surface area contributed by atoms with Crippen LogP contribution in [0.4, 0.5) is 0 Å². The molecule has 0 radical (unpaired) electrons. The van der Waals surface area contributed by atoms with Crippen LogP contribution in [-0.4, -0.2) is 33.4 Å². The Labute approximate surface area is 116 Å². The zero-order valence-corrected chi connectivity index (χ0v) is 13.7. The topological polar surface area (TPSA) is 59.1 Å². The molecule has 0 aliphatic rings. The number of unbranched alkanes of at least 4 members (excludes halogenated alkanes) is 4. The van der Waals surface area contributed by atoms with Crippen molar-refractivity contribution in [2.45, 2.75) is 52.4 Å². The molecule has 110 valence electrons. The van der Waals surface area contributed by atoms with Crippen LogP contribution in [0, 0.1) is 0 Å². The Kier molecular flexibility index (Phi) is 54.9. The first-order valence-corrected chi connectivity index (χ1v) is 7.46. The van der Waals surface area contributed by atoms with E-state index in [-0.39, 0.29) is 6.15 Å². The van der Waals surface area contributed by atoms with E-state index in [9.17, 15) is 0 Å². The predicted molar refractivity (Wildman–Crippen MR) is 86.8 cm³/mol. The smallest absolute Gasteiger partial charge is 0.00519 e. The van der Waals surface area contributed by atoms with Gasteiger partial charge in [-0.15, -0.1) is 0 Å². The lowest BCUT2D eigenvalue weighted by molar-refractivity contribution is 0.667. The third kappa shape index (κ3) is 48.5. The third-order valence-electron chi connectivity index (χ3n) is 2.06. The van der Waals surface area contributed by atoms with Crippen molar-refractivity contribution in [2.75, 3.05) is 33.4 Å². The van der Waals surface area contributed by atoms with Gasteiger partial charge in [-0.05, 0) is 46.3 Å². The van der Waals surface area contributed by atoms with Crippen molar-refractivity contribution < 1.29 is 0 Å². The number of rotatable bonds is 8. The quantitative estimate of drug-likeness (QED) is 0.402. The lowest BCUT2D eigenvalue weighted by atomic mass is 10.2. The first kappa shape index (κ1) is 25.9. The summed E-state index contributed by atoms with van der Waals surface area (Å²) in [6.45, 7) is 6.78. The molecule has 0 atom stereocenters. The summed E-state index contributed by atoms with van der Waals surface area (Å²) < 4.78 is 0. The van der Waals surface area contributed by atoms with Crippen LogP contribution in [0.5, 0.6) is 0 Å². The Bertz CT molecular complexity index is 65.1. The average Bonchev–Trinajstić information content (AvgIpc) is 2.34. The molecule has 0 aliphatic heterocycles. The number of hydrogen-bond acceptors (Lipinski definition) is 4. The molecule has 0 aromatic carbocycles. The zero-order chi connectivity index (χ0) is 13.1. The van der Waals surface area contributed by atoms with Gasteiger partial charge in [-0.3, -0.25) is 0 Å². The second kappa shape index (κ2) is 36.0. The maximum Gasteiger partial charge on any atom is -0.00519 e.